The Hall–Kier alpha value is -1.69. The summed E-state index contributed by atoms with van der Waals surface area (Å²) in [6, 6.07) is 7.74. The molecule has 0 radical (unpaired) electrons. The molecule has 154 valence electrons. The number of benzene rings is 1. The lowest BCUT2D eigenvalue weighted by Gasteiger charge is -2.35. The number of hydrogen-bond donors (Lipinski definition) is 0. The third-order valence-electron chi connectivity index (χ3n) is 5.93. The third-order valence-corrected chi connectivity index (χ3v) is 5.93. The first-order chi connectivity index (χ1) is 13.7. The fraction of sp³-hybridized carbons (Fsp3) is 0.609. The van der Waals surface area contributed by atoms with Gasteiger partial charge in [-0.15, -0.1) is 0 Å². The maximum atomic E-state index is 13.2. The lowest BCUT2D eigenvalue weighted by Crippen LogP contribution is -2.44. The Morgan fingerprint density at radius 1 is 1.25 bits per heavy atom. The summed E-state index contributed by atoms with van der Waals surface area (Å²) >= 11 is 0. The highest BCUT2D eigenvalue weighted by atomic mass is 16.5. The zero-order valence-electron chi connectivity index (χ0n) is 17.1. The lowest BCUT2D eigenvalue weighted by atomic mass is 9.95. The number of nitrogens with zero attached hydrogens (tertiary/aromatic N) is 2. The Bertz CT molecular complexity index is 617. The molecule has 3 rings (SSSR count). The van der Waals surface area contributed by atoms with Crippen LogP contribution in [0.25, 0.3) is 6.08 Å². The molecule has 2 aliphatic rings. The molecule has 5 heteroatoms. The Morgan fingerprint density at radius 3 is 2.61 bits per heavy atom. The fourth-order valence-corrected chi connectivity index (χ4v) is 4.14. The molecule has 1 amide bonds. The predicted octanol–water partition coefficient (Wildman–Crippen LogP) is 3.31. The van der Waals surface area contributed by atoms with Gasteiger partial charge < -0.3 is 19.3 Å². The number of amides is 1. The van der Waals surface area contributed by atoms with E-state index in [0.717, 1.165) is 76.2 Å². The Morgan fingerprint density at radius 2 is 2.00 bits per heavy atom. The van der Waals surface area contributed by atoms with Crippen LogP contribution in [0.2, 0.25) is 0 Å². The van der Waals surface area contributed by atoms with Crippen LogP contribution in [0.15, 0.2) is 30.8 Å². The van der Waals surface area contributed by atoms with E-state index in [4.69, 9.17) is 9.47 Å². The molecule has 0 aliphatic carbocycles. The Labute approximate surface area is 169 Å². The van der Waals surface area contributed by atoms with Crippen LogP contribution in [-0.4, -0.2) is 74.9 Å². The van der Waals surface area contributed by atoms with Crippen molar-refractivity contribution in [2.24, 2.45) is 5.92 Å². The van der Waals surface area contributed by atoms with E-state index in [2.05, 4.69) is 11.5 Å². The second kappa shape index (κ2) is 10.7. The van der Waals surface area contributed by atoms with Crippen LogP contribution in [0.3, 0.4) is 0 Å². The molecule has 2 saturated heterocycles. The molecule has 0 bridgehead atoms. The van der Waals surface area contributed by atoms with Gasteiger partial charge in [-0.2, -0.15) is 0 Å². The highest BCUT2D eigenvalue weighted by molar-refractivity contribution is 5.94. The number of rotatable bonds is 9. The quantitative estimate of drug-likeness (QED) is 0.653. The van der Waals surface area contributed by atoms with Crippen LogP contribution >= 0.6 is 0 Å². The van der Waals surface area contributed by atoms with E-state index in [1.165, 1.54) is 0 Å². The first-order valence-electron chi connectivity index (χ1n) is 10.5. The molecular formula is C23H34N2O3. The number of methoxy groups -OCH3 is 1. The van der Waals surface area contributed by atoms with Crippen LogP contribution in [0.4, 0.5) is 0 Å². The maximum absolute atomic E-state index is 13.2. The molecule has 0 unspecified atom stereocenters. The number of likely N-dealkylation sites (tertiary alicyclic amines) is 1. The van der Waals surface area contributed by atoms with Gasteiger partial charge in [0.15, 0.2) is 0 Å². The van der Waals surface area contributed by atoms with Gasteiger partial charge in [0.25, 0.3) is 5.91 Å². The van der Waals surface area contributed by atoms with Gasteiger partial charge in [-0.3, -0.25) is 4.79 Å². The third kappa shape index (κ3) is 5.90. The lowest BCUT2D eigenvalue weighted by molar-refractivity contribution is 0.0437. The van der Waals surface area contributed by atoms with Crippen LogP contribution in [0, 0.1) is 5.92 Å². The highest BCUT2D eigenvalue weighted by Crippen LogP contribution is 2.22. The molecule has 1 aromatic carbocycles. The smallest absolute Gasteiger partial charge is 0.253 e. The average Bonchev–Trinajstić information content (AvgIpc) is 3.25. The number of carbonyl (C=O) groups excluding carboxylic acids is 1. The summed E-state index contributed by atoms with van der Waals surface area (Å²) in [6.07, 6.45) is 6.39. The van der Waals surface area contributed by atoms with Crippen LogP contribution in [0.5, 0.6) is 0 Å². The van der Waals surface area contributed by atoms with Gasteiger partial charge in [0.1, 0.15) is 0 Å². The van der Waals surface area contributed by atoms with E-state index in [-0.39, 0.29) is 12.0 Å². The molecule has 0 saturated carbocycles. The summed E-state index contributed by atoms with van der Waals surface area (Å²) in [5.74, 6) is 0.671. The van der Waals surface area contributed by atoms with Crippen molar-refractivity contribution in [3.63, 3.8) is 0 Å². The standard InChI is InChI=1S/C23H34N2O3/c1-3-19-6-8-21(9-7-19)23(26)25(18-22-5-4-15-28-22)17-20-10-12-24(13-11-20)14-16-27-2/h3,6-9,20,22H,1,4-5,10-18H2,2H3/t22-/m0/s1. The minimum atomic E-state index is 0.118. The predicted molar refractivity (Wildman–Crippen MR) is 112 cm³/mol. The molecule has 0 N–H and O–H groups in total. The molecule has 2 heterocycles. The molecule has 28 heavy (non-hydrogen) atoms. The minimum Gasteiger partial charge on any atom is -0.383 e. The number of piperidine rings is 1. The first-order valence-corrected chi connectivity index (χ1v) is 10.5. The summed E-state index contributed by atoms with van der Waals surface area (Å²) < 4.78 is 11.0. The van der Waals surface area contributed by atoms with Crippen LogP contribution in [0.1, 0.15) is 41.6 Å². The van der Waals surface area contributed by atoms with E-state index in [9.17, 15) is 4.79 Å². The molecule has 0 aromatic heterocycles. The zero-order chi connectivity index (χ0) is 19.8. The Kier molecular flexibility index (Phi) is 8.07. The van der Waals surface area contributed by atoms with Gasteiger partial charge in [-0.1, -0.05) is 24.8 Å². The molecule has 5 nitrogen and oxygen atoms in total. The maximum Gasteiger partial charge on any atom is 0.253 e. The molecular weight excluding hydrogens is 352 g/mol. The van der Waals surface area contributed by atoms with Gasteiger partial charge in [-0.25, -0.2) is 0 Å². The summed E-state index contributed by atoms with van der Waals surface area (Å²) in [5.41, 5.74) is 1.78. The summed E-state index contributed by atoms with van der Waals surface area (Å²) in [5, 5.41) is 0. The van der Waals surface area contributed by atoms with Crippen molar-refractivity contribution in [2.45, 2.75) is 31.8 Å². The first kappa shape index (κ1) is 21.0. The van der Waals surface area contributed by atoms with E-state index < -0.39 is 0 Å². The van der Waals surface area contributed by atoms with Crippen molar-refractivity contribution in [1.29, 1.82) is 0 Å². The second-order valence-electron chi connectivity index (χ2n) is 7.95. The van der Waals surface area contributed by atoms with E-state index in [1.807, 2.05) is 29.2 Å². The number of hydrogen-bond acceptors (Lipinski definition) is 4. The largest absolute Gasteiger partial charge is 0.383 e. The van der Waals surface area contributed by atoms with E-state index in [0.29, 0.717) is 12.5 Å². The van der Waals surface area contributed by atoms with E-state index in [1.54, 1.807) is 13.2 Å². The molecule has 2 aliphatic heterocycles. The van der Waals surface area contributed by atoms with Crippen molar-refractivity contribution >= 4 is 12.0 Å². The molecule has 2 fully saturated rings. The molecule has 0 spiro atoms. The summed E-state index contributed by atoms with van der Waals surface area (Å²) in [7, 11) is 1.75. The summed E-state index contributed by atoms with van der Waals surface area (Å²) in [6.45, 7) is 10.1. The topological polar surface area (TPSA) is 42.0 Å². The monoisotopic (exact) mass is 386 g/mol. The van der Waals surface area contributed by atoms with Gasteiger partial charge >= 0.3 is 0 Å². The van der Waals surface area contributed by atoms with E-state index >= 15 is 0 Å². The minimum absolute atomic E-state index is 0.118. The normalized spacial score (nSPS) is 21.0. The summed E-state index contributed by atoms with van der Waals surface area (Å²) in [4.78, 5) is 17.7. The van der Waals surface area contributed by atoms with Crippen LogP contribution < -0.4 is 0 Å². The van der Waals surface area contributed by atoms with Gasteiger partial charge in [0.2, 0.25) is 0 Å². The van der Waals surface area contributed by atoms with Gasteiger partial charge in [-0.05, 0) is 62.4 Å². The second-order valence-corrected chi connectivity index (χ2v) is 7.95. The van der Waals surface area contributed by atoms with Crippen LogP contribution in [-0.2, 0) is 9.47 Å². The Balaban J connectivity index is 1.61. The molecule has 1 aromatic rings. The van der Waals surface area contributed by atoms with Crippen molar-refractivity contribution < 1.29 is 14.3 Å². The average molecular weight is 387 g/mol. The van der Waals surface area contributed by atoms with Crippen molar-refractivity contribution in [3.05, 3.63) is 42.0 Å². The zero-order valence-corrected chi connectivity index (χ0v) is 17.1. The van der Waals surface area contributed by atoms with Gasteiger partial charge in [0, 0.05) is 38.9 Å². The van der Waals surface area contributed by atoms with Crippen molar-refractivity contribution in [3.8, 4) is 0 Å². The van der Waals surface area contributed by atoms with Crippen molar-refractivity contribution in [1.82, 2.24) is 9.80 Å². The SMILES string of the molecule is C=Cc1ccc(C(=O)N(CC2CCN(CCOC)CC2)C[C@@H]2CCCO2)cc1. The highest BCUT2D eigenvalue weighted by Gasteiger charge is 2.27. The number of ether oxygens (including phenoxy) is 2. The fourth-order valence-electron chi connectivity index (χ4n) is 4.14. The van der Waals surface area contributed by atoms with Gasteiger partial charge in [0.05, 0.1) is 12.7 Å². The van der Waals surface area contributed by atoms with Crippen molar-refractivity contribution in [2.75, 3.05) is 53.0 Å². The molecule has 1 atom stereocenters. The number of carbonyl (C=O) groups is 1.